The molecule has 2 heteroatoms. The summed E-state index contributed by atoms with van der Waals surface area (Å²) in [6.07, 6.45) is 5.32. The minimum atomic E-state index is 0.342. The van der Waals surface area contributed by atoms with E-state index in [1.165, 1.54) is 25.7 Å². The zero-order valence-corrected chi connectivity index (χ0v) is 9.97. The van der Waals surface area contributed by atoms with Crippen molar-refractivity contribution in [2.75, 3.05) is 13.1 Å². The molecule has 0 aromatic carbocycles. The van der Waals surface area contributed by atoms with Crippen LogP contribution in [0.25, 0.3) is 0 Å². The van der Waals surface area contributed by atoms with Crippen LogP contribution < -0.4 is 11.5 Å². The van der Waals surface area contributed by atoms with Crippen LogP contribution in [0, 0.1) is 16.7 Å². The molecule has 0 aromatic rings. The highest BCUT2D eigenvalue weighted by atomic mass is 14.7. The molecule has 0 radical (unpaired) electrons. The van der Waals surface area contributed by atoms with Gasteiger partial charge in [0.2, 0.25) is 0 Å². The molecule has 0 saturated heterocycles. The van der Waals surface area contributed by atoms with Gasteiger partial charge in [0.1, 0.15) is 0 Å². The number of nitrogens with two attached hydrogens (primary N) is 2. The van der Waals surface area contributed by atoms with Gasteiger partial charge in [0, 0.05) is 0 Å². The van der Waals surface area contributed by atoms with E-state index < -0.39 is 0 Å². The molecule has 0 bridgehead atoms. The molecule has 2 nitrogen and oxygen atoms in total. The zero-order valence-electron chi connectivity index (χ0n) is 9.97. The summed E-state index contributed by atoms with van der Waals surface area (Å²) in [5.41, 5.74) is 12.4. The van der Waals surface area contributed by atoms with Gasteiger partial charge >= 0.3 is 0 Å². The normalized spacial score (nSPS) is 32.1. The van der Waals surface area contributed by atoms with Gasteiger partial charge < -0.3 is 11.5 Å². The van der Waals surface area contributed by atoms with Crippen LogP contribution in [-0.4, -0.2) is 13.1 Å². The zero-order chi connectivity index (χ0) is 10.8. The minimum absolute atomic E-state index is 0.342. The fraction of sp³-hybridized carbons (Fsp3) is 1.00. The Kier molecular flexibility index (Phi) is 3.59. The lowest BCUT2D eigenvalue weighted by Gasteiger charge is -2.52. The van der Waals surface area contributed by atoms with Gasteiger partial charge in [-0.3, -0.25) is 0 Å². The highest BCUT2D eigenvalue weighted by molar-refractivity contribution is 4.97. The second kappa shape index (κ2) is 4.19. The highest BCUT2D eigenvalue weighted by Crippen LogP contribution is 2.53. The summed E-state index contributed by atoms with van der Waals surface area (Å²) in [4.78, 5) is 0. The third-order valence-corrected chi connectivity index (χ3v) is 4.76. The molecule has 14 heavy (non-hydrogen) atoms. The van der Waals surface area contributed by atoms with Crippen molar-refractivity contribution in [3.05, 3.63) is 0 Å². The van der Waals surface area contributed by atoms with Crippen LogP contribution in [0.2, 0.25) is 0 Å². The molecule has 0 aromatic heterocycles. The quantitative estimate of drug-likeness (QED) is 0.730. The number of hydrogen-bond donors (Lipinski definition) is 2. The molecule has 1 saturated carbocycles. The van der Waals surface area contributed by atoms with Crippen molar-refractivity contribution in [3.63, 3.8) is 0 Å². The van der Waals surface area contributed by atoms with Gasteiger partial charge in [0.15, 0.2) is 0 Å². The Morgan fingerprint density at radius 1 is 1.00 bits per heavy atom. The molecule has 4 N–H and O–H groups in total. The number of rotatable bonds is 3. The molecule has 1 rings (SSSR count). The molecule has 0 spiro atoms. The van der Waals surface area contributed by atoms with E-state index in [4.69, 9.17) is 11.5 Å². The monoisotopic (exact) mass is 198 g/mol. The third-order valence-electron chi connectivity index (χ3n) is 4.76. The summed E-state index contributed by atoms with van der Waals surface area (Å²) in [6, 6.07) is 0. The van der Waals surface area contributed by atoms with E-state index in [1.54, 1.807) is 0 Å². The summed E-state index contributed by atoms with van der Waals surface area (Å²) in [7, 11) is 0. The van der Waals surface area contributed by atoms with Crippen molar-refractivity contribution in [3.8, 4) is 0 Å². The van der Waals surface area contributed by atoms with E-state index in [9.17, 15) is 0 Å². The molecule has 1 aliphatic carbocycles. The molecule has 1 fully saturated rings. The average Bonchev–Trinajstić information content (AvgIpc) is 2.12. The second-order valence-electron chi connectivity index (χ2n) is 5.68. The van der Waals surface area contributed by atoms with Crippen LogP contribution in [0.5, 0.6) is 0 Å². The first-order chi connectivity index (χ1) is 6.48. The predicted octanol–water partition coefficient (Wildman–Crippen LogP) is 2.13. The SMILES string of the molecule is CC1(C)CCCCC1(C)C(CN)CN. The summed E-state index contributed by atoms with van der Waals surface area (Å²) in [6.45, 7) is 8.61. The van der Waals surface area contributed by atoms with E-state index in [2.05, 4.69) is 20.8 Å². The van der Waals surface area contributed by atoms with Crippen LogP contribution in [0.15, 0.2) is 0 Å². The van der Waals surface area contributed by atoms with Crippen LogP contribution in [0.4, 0.5) is 0 Å². The van der Waals surface area contributed by atoms with Crippen molar-refractivity contribution < 1.29 is 0 Å². The first-order valence-corrected chi connectivity index (χ1v) is 5.88. The lowest BCUT2D eigenvalue weighted by atomic mass is 9.53. The predicted molar refractivity (Wildman–Crippen MR) is 62.0 cm³/mol. The maximum atomic E-state index is 5.84. The minimum Gasteiger partial charge on any atom is -0.330 e. The molecule has 1 unspecified atom stereocenters. The molecule has 84 valence electrons. The van der Waals surface area contributed by atoms with E-state index in [0.29, 0.717) is 16.7 Å². The Balaban J connectivity index is 2.87. The van der Waals surface area contributed by atoms with Crippen molar-refractivity contribution >= 4 is 0 Å². The second-order valence-corrected chi connectivity index (χ2v) is 5.68. The van der Waals surface area contributed by atoms with Gasteiger partial charge in [0.05, 0.1) is 0 Å². The summed E-state index contributed by atoms with van der Waals surface area (Å²) < 4.78 is 0. The van der Waals surface area contributed by atoms with Crippen molar-refractivity contribution in [1.29, 1.82) is 0 Å². The van der Waals surface area contributed by atoms with Crippen LogP contribution in [0.1, 0.15) is 46.5 Å². The number of hydrogen-bond acceptors (Lipinski definition) is 2. The maximum absolute atomic E-state index is 5.84. The van der Waals surface area contributed by atoms with Crippen LogP contribution in [-0.2, 0) is 0 Å². The van der Waals surface area contributed by atoms with E-state index in [-0.39, 0.29) is 0 Å². The van der Waals surface area contributed by atoms with Gasteiger partial charge in [-0.25, -0.2) is 0 Å². The summed E-state index contributed by atoms with van der Waals surface area (Å²) in [5.74, 6) is 0.484. The largest absolute Gasteiger partial charge is 0.330 e. The van der Waals surface area contributed by atoms with Gasteiger partial charge in [0.25, 0.3) is 0 Å². The first kappa shape index (κ1) is 12.0. The van der Waals surface area contributed by atoms with E-state index in [0.717, 1.165) is 13.1 Å². The molecule has 0 amide bonds. The van der Waals surface area contributed by atoms with Crippen LogP contribution >= 0.6 is 0 Å². The summed E-state index contributed by atoms with van der Waals surface area (Å²) >= 11 is 0. The van der Waals surface area contributed by atoms with Gasteiger partial charge in [-0.05, 0) is 42.7 Å². The molecule has 0 heterocycles. The smallest absolute Gasteiger partial charge is 0.00314 e. The van der Waals surface area contributed by atoms with Gasteiger partial charge in [-0.15, -0.1) is 0 Å². The Morgan fingerprint density at radius 3 is 1.93 bits per heavy atom. The Hall–Kier alpha value is -0.0800. The average molecular weight is 198 g/mol. The highest BCUT2D eigenvalue weighted by Gasteiger charge is 2.46. The van der Waals surface area contributed by atoms with E-state index in [1.807, 2.05) is 0 Å². The molecular formula is C12H26N2. The van der Waals surface area contributed by atoms with E-state index >= 15 is 0 Å². The van der Waals surface area contributed by atoms with Crippen molar-refractivity contribution in [1.82, 2.24) is 0 Å². The standard InChI is InChI=1S/C12H26N2/c1-11(2)6-4-5-7-12(11,3)10(8-13)9-14/h10H,4-9,13-14H2,1-3H3. The van der Waals surface area contributed by atoms with Gasteiger partial charge in [-0.2, -0.15) is 0 Å². The topological polar surface area (TPSA) is 52.0 Å². The fourth-order valence-corrected chi connectivity index (χ4v) is 3.06. The fourth-order valence-electron chi connectivity index (χ4n) is 3.06. The maximum Gasteiger partial charge on any atom is -0.00314 e. The Bertz CT molecular complexity index is 185. The first-order valence-electron chi connectivity index (χ1n) is 5.88. The molecule has 1 atom stereocenters. The molecule has 1 aliphatic rings. The summed E-state index contributed by atoms with van der Waals surface area (Å²) in [5, 5.41) is 0. The van der Waals surface area contributed by atoms with Crippen LogP contribution in [0.3, 0.4) is 0 Å². The Labute approximate surface area is 88.4 Å². The Morgan fingerprint density at radius 2 is 1.50 bits per heavy atom. The van der Waals surface area contributed by atoms with Crippen molar-refractivity contribution in [2.45, 2.75) is 46.5 Å². The third kappa shape index (κ3) is 1.82. The lowest BCUT2D eigenvalue weighted by Crippen LogP contribution is -2.49. The van der Waals surface area contributed by atoms with Crippen molar-refractivity contribution in [2.24, 2.45) is 28.2 Å². The molecule has 0 aliphatic heterocycles. The lowest BCUT2D eigenvalue weighted by molar-refractivity contribution is -0.0169. The van der Waals surface area contributed by atoms with Gasteiger partial charge in [-0.1, -0.05) is 33.6 Å². The molecular weight excluding hydrogens is 172 g/mol.